The summed E-state index contributed by atoms with van der Waals surface area (Å²) in [6, 6.07) is 8.35. The number of hydrogen-bond donors (Lipinski definition) is 1. The molecular formula is C12H14BrN. The van der Waals surface area contributed by atoms with Crippen LogP contribution in [0.25, 0.3) is 6.08 Å². The van der Waals surface area contributed by atoms with Gasteiger partial charge in [-0.05, 0) is 31.0 Å². The highest BCUT2D eigenvalue weighted by Crippen LogP contribution is 2.20. The van der Waals surface area contributed by atoms with Gasteiger partial charge in [-0.2, -0.15) is 0 Å². The molecule has 1 fully saturated rings. The molecule has 0 amide bonds. The molecule has 1 N–H and O–H groups in total. The van der Waals surface area contributed by atoms with E-state index in [-0.39, 0.29) is 0 Å². The Morgan fingerprint density at radius 2 is 2.14 bits per heavy atom. The highest BCUT2D eigenvalue weighted by atomic mass is 79.9. The van der Waals surface area contributed by atoms with Crippen LogP contribution >= 0.6 is 15.9 Å². The summed E-state index contributed by atoms with van der Waals surface area (Å²) < 4.78 is 1.18. The number of halogens is 1. The molecule has 2 heteroatoms. The van der Waals surface area contributed by atoms with Gasteiger partial charge in [-0.15, -0.1) is 0 Å². The topological polar surface area (TPSA) is 12.0 Å². The van der Waals surface area contributed by atoms with Crippen LogP contribution < -0.4 is 5.32 Å². The summed E-state index contributed by atoms with van der Waals surface area (Å²) in [5.74, 6) is 0. The summed E-state index contributed by atoms with van der Waals surface area (Å²) in [6.45, 7) is 2.20. The first-order valence-electron chi connectivity index (χ1n) is 5.01. The largest absolute Gasteiger partial charge is 0.313 e. The Balaban J connectivity index is 2.19. The van der Waals surface area contributed by atoms with Crippen molar-refractivity contribution in [2.75, 3.05) is 13.1 Å². The van der Waals surface area contributed by atoms with E-state index >= 15 is 0 Å². The fourth-order valence-electron chi connectivity index (χ4n) is 1.71. The molecule has 1 aliphatic rings. The van der Waals surface area contributed by atoms with Crippen LogP contribution in [0, 0.1) is 0 Å². The Bertz CT molecular complexity index is 336. The first kappa shape index (κ1) is 9.94. The molecule has 1 aromatic carbocycles. The standard InChI is InChI=1S/C12H14BrN/c13-12-6-2-1-5-11(12)8-10-4-3-7-14-9-10/h1-2,5-6,8,14H,3-4,7,9H2/b10-8-. The van der Waals surface area contributed by atoms with Gasteiger partial charge in [0.1, 0.15) is 0 Å². The average Bonchev–Trinajstić information content (AvgIpc) is 2.23. The van der Waals surface area contributed by atoms with E-state index in [0.29, 0.717) is 0 Å². The van der Waals surface area contributed by atoms with E-state index in [9.17, 15) is 0 Å². The molecule has 14 heavy (non-hydrogen) atoms. The van der Waals surface area contributed by atoms with Gasteiger partial charge in [0.2, 0.25) is 0 Å². The van der Waals surface area contributed by atoms with Crippen molar-refractivity contribution in [3.8, 4) is 0 Å². The van der Waals surface area contributed by atoms with E-state index in [1.54, 1.807) is 0 Å². The van der Waals surface area contributed by atoms with Crippen LogP contribution in [0.5, 0.6) is 0 Å². The molecule has 1 nitrogen and oxygen atoms in total. The van der Waals surface area contributed by atoms with Gasteiger partial charge >= 0.3 is 0 Å². The SMILES string of the molecule is Brc1ccccc1/C=C1/CCCNC1. The smallest absolute Gasteiger partial charge is 0.0247 e. The van der Waals surface area contributed by atoms with Crippen molar-refractivity contribution in [2.45, 2.75) is 12.8 Å². The first-order chi connectivity index (χ1) is 6.86. The molecule has 2 rings (SSSR count). The zero-order chi connectivity index (χ0) is 9.80. The number of rotatable bonds is 1. The number of nitrogens with one attached hydrogen (secondary N) is 1. The molecular weight excluding hydrogens is 238 g/mol. The number of hydrogen-bond acceptors (Lipinski definition) is 1. The van der Waals surface area contributed by atoms with Gasteiger partial charge in [0.15, 0.2) is 0 Å². The molecule has 74 valence electrons. The molecule has 0 saturated carbocycles. The maximum Gasteiger partial charge on any atom is 0.0247 e. The van der Waals surface area contributed by atoms with Gasteiger partial charge < -0.3 is 5.32 Å². The molecule has 0 radical (unpaired) electrons. The molecule has 0 spiro atoms. The Labute approximate surface area is 93.3 Å². The Hall–Kier alpha value is -0.600. The van der Waals surface area contributed by atoms with Crippen LogP contribution in [0.2, 0.25) is 0 Å². The van der Waals surface area contributed by atoms with Crippen molar-refractivity contribution in [3.63, 3.8) is 0 Å². The van der Waals surface area contributed by atoms with Crippen molar-refractivity contribution >= 4 is 22.0 Å². The second kappa shape index (κ2) is 4.76. The summed E-state index contributed by atoms with van der Waals surface area (Å²) >= 11 is 3.56. The van der Waals surface area contributed by atoms with Gasteiger partial charge in [0.05, 0.1) is 0 Å². The molecule has 1 saturated heterocycles. The quantitative estimate of drug-likeness (QED) is 0.809. The van der Waals surface area contributed by atoms with Gasteiger partial charge in [-0.3, -0.25) is 0 Å². The van der Waals surface area contributed by atoms with Crippen LogP contribution in [0.4, 0.5) is 0 Å². The van der Waals surface area contributed by atoms with Crippen LogP contribution in [0.3, 0.4) is 0 Å². The lowest BCUT2D eigenvalue weighted by molar-refractivity contribution is 0.613. The van der Waals surface area contributed by atoms with E-state index in [1.807, 2.05) is 6.07 Å². The molecule has 1 aliphatic heterocycles. The lowest BCUT2D eigenvalue weighted by atomic mass is 10.0. The van der Waals surface area contributed by atoms with Crippen molar-refractivity contribution in [2.24, 2.45) is 0 Å². The van der Waals surface area contributed by atoms with E-state index < -0.39 is 0 Å². The number of piperidine rings is 1. The fraction of sp³-hybridized carbons (Fsp3) is 0.333. The van der Waals surface area contributed by atoms with Crippen molar-refractivity contribution in [1.82, 2.24) is 5.32 Å². The molecule has 0 bridgehead atoms. The fourth-order valence-corrected chi connectivity index (χ4v) is 2.11. The molecule has 0 unspecified atom stereocenters. The second-order valence-electron chi connectivity index (χ2n) is 3.60. The Morgan fingerprint density at radius 1 is 1.29 bits per heavy atom. The zero-order valence-electron chi connectivity index (χ0n) is 8.09. The van der Waals surface area contributed by atoms with Crippen LogP contribution in [0.15, 0.2) is 34.3 Å². The number of benzene rings is 1. The molecule has 0 aliphatic carbocycles. The maximum absolute atomic E-state index is 3.56. The summed E-state index contributed by atoms with van der Waals surface area (Å²) in [6.07, 6.45) is 4.78. The predicted molar refractivity (Wildman–Crippen MR) is 64.2 cm³/mol. The van der Waals surface area contributed by atoms with E-state index in [1.165, 1.54) is 28.5 Å². The van der Waals surface area contributed by atoms with Gasteiger partial charge in [-0.25, -0.2) is 0 Å². The van der Waals surface area contributed by atoms with Crippen LogP contribution in [0.1, 0.15) is 18.4 Å². The third kappa shape index (κ3) is 2.46. The monoisotopic (exact) mass is 251 g/mol. The minimum atomic E-state index is 1.04. The minimum absolute atomic E-state index is 1.04. The van der Waals surface area contributed by atoms with E-state index in [2.05, 4.69) is 45.5 Å². The average molecular weight is 252 g/mol. The van der Waals surface area contributed by atoms with E-state index in [4.69, 9.17) is 0 Å². The molecule has 1 aromatic rings. The minimum Gasteiger partial charge on any atom is -0.313 e. The molecule has 1 heterocycles. The highest BCUT2D eigenvalue weighted by molar-refractivity contribution is 9.10. The Kier molecular flexibility index (Phi) is 3.38. The normalized spacial score (nSPS) is 19.9. The van der Waals surface area contributed by atoms with E-state index in [0.717, 1.165) is 13.1 Å². The van der Waals surface area contributed by atoms with Crippen molar-refractivity contribution < 1.29 is 0 Å². The predicted octanol–water partition coefficient (Wildman–Crippen LogP) is 3.22. The third-order valence-corrected chi connectivity index (χ3v) is 3.19. The van der Waals surface area contributed by atoms with Gasteiger partial charge in [0, 0.05) is 11.0 Å². The lowest BCUT2D eigenvalue weighted by Crippen LogP contribution is -2.23. The maximum atomic E-state index is 3.56. The van der Waals surface area contributed by atoms with Crippen molar-refractivity contribution in [3.05, 3.63) is 39.9 Å². The summed E-state index contributed by atoms with van der Waals surface area (Å²) in [5, 5.41) is 3.39. The first-order valence-corrected chi connectivity index (χ1v) is 5.80. The zero-order valence-corrected chi connectivity index (χ0v) is 9.68. The lowest BCUT2D eigenvalue weighted by Gasteiger charge is -2.15. The van der Waals surface area contributed by atoms with Crippen LogP contribution in [-0.4, -0.2) is 13.1 Å². The Morgan fingerprint density at radius 3 is 2.86 bits per heavy atom. The highest BCUT2D eigenvalue weighted by Gasteiger charge is 2.04. The summed E-state index contributed by atoms with van der Waals surface area (Å²) in [5.41, 5.74) is 2.79. The molecule has 0 atom stereocenters. The molecule has 0 aromatic heterocycles. The van der Waals surface area contributed by atoms with Gasteiger partial charge in [-0.1, -0.05) is 45.8 Å². The van der Waals surface area contributed by atoms with Crippen LogP contribution in [-0.2, 0) is 0 Å². The second-order valence-corrected chi connectivity index (χ2v) is 4.46. The van der Waals surface area contributed by atoms with Crippen molar-refractivity contribution in [1.29, 1.82) is 0 Å². The van der Waals surface area contributed by atoms with Gasteiger partial charge in [0.25, 0.3) is 0 Å². The summed E-state index contributed by atoms with van der Waals surface area (Å²) in [7, 11) is 0. The third-order valence-electron chi connectivity index (χ3n) is 2.47. The summed E-state index contributed by atoms with van der Waals surface area (Å²) in [4.78, 5) is 0.